The lowest BCUT2D eigenvalue weighted by Crippen LogP contribution is -2.15. The zero-order valence-corrected chi connectivity index (χ0v) is 8.33. The van der Waals surface area contributed by atoms with E-state index in [2.05, 4.69) is 9.67 Å². The van der Waals surface area contributed by atoms with Gasteiger partial charge in [-0.2, -0.15) is 0 Å². The van der Waals surface area contributed by atoms with Crippen LogP contribution in [0.1, 0.15) is 0 Å². The number of halogens is 2. The van der Waals surface area contributed by atoms with Crippen molar-refractivity contribution < 1.29 is 9.47 Å². The Bertz CT molecular complexity index is 77.9. The van der Waals surface area contributed by atoms with Crippen LogP contribution < -0.4 is 9.67 Å². The first-order chi connectivity index (χ1) is 5.91. The van der Waals surface area contributed by atoms with Gasteiger partial charge in [-0.25, -0.2) is 9.67 Å². The number of ether oxygens (including phenoxy) is 2. The molecule has 0 saturated heterocycles. The number of nitrogens with one attached hydrogen (secondary N) is 2. The molecule has 6 heteroatoms. The monoisotopic (exact) mass is 216 g/mol. The van der Waals surface area contributed by atoms with Gasteiger partial charge in [0, 0.05) is 13.1 Å². The summed E-state index contributed by atoms with van der Waals surface area (Å²) in [4.78, 5) is 4.92. The van der Waals surface area contributed by atoms with E-state index < -0.39 is 0 Å². The van der Waals surface area contributed by atoms with E-state index in [-0.39, 0.29) is 0 Å². The Morgan fingerprint density at radius 1 is 0.750 bits per heavy atom. The van der Waals surface area contributed by atoms with Crippen molar-refractivity contribution in [2.24, 2.45) is 0 Å². The third-order valence-electron chi connectivity index (χ3n) is 1.05. The summed E-state index contributed by atoms with van der Waals surface area (Å²) in [6.45, 7) is 3.65. The van der Waals surface area contributed by atoms with Crippen molar-refractivity contribution in [1.82, 2.24) is 9.67 Å². The van der Waals surface area contributed by atoms with Crippen LogP contribution in [0.2, 0.25) is 0 Å². The Kier molecular flexibility index (Phi) is 11.8. The molecule has 0 amide bonds. The number of hydrogen-bond donors (Lipinski definition) is 2. The number of rotatable bonds is 9. The molecule has 0 aromatic carbocycles. The van der Waals surface area contributed by atoms with Gasteiger partial charge in [0.2, 0.25) is 0 Å². The van der Waals surface area contributed by atoms with E-state index in [4.69, 9.17) is 33.0 Å². The second-order valence-electron chi connectivity index (χ2n) is 1.99. The average molecular weight is 217 g/mol. The molecule has 12 heavy (non-hydrogen) atoms. The van der Waals surface area contributed by atoms with Gasteiger partial charge in [0.25, 0.3) is 0 Å². The van der Waals surface area contributed by atoms with Gasteiger partial charge in [0.1, 0.15) is 0 Å². The van der Waals surface area contributed by atoms with E-state index in [1.807, 2.05) is 0 Å². The van der Waals surface area contributed by atoms with Crippen molar-refractivity contribution in [2.45, 2.75) is 0 Å². The molecule has 0 atom stereocenters. The molecule has 0 heterocycles. The fourth-order valence-corrected chi connectivity index (χ4v) is 0.698. The van der Waals surface area contributed by atoms with Crippen LogP contribution in [0.3, 0.4) is 0 Å². The van der Waals surface area contributed by atoms with Crippen LogP contribution in [0.25, 0.3) is 0 Å². The molecular weight excluding hydrogens is 203 g/mol. The molecule has 4 nitrogen and oxygen atoms in total. The molecule has 74 valence electrons. The second-order valence-corrected chi connectivity index (χ2v) is 2.53. The summed E-state index contributed by atoms with van der Waals surface area (Å²) in [5.74, 6) is 0. The highest BCUT2D eigenvalue weighted by Gasteiger charge is 1.88. The molecule has 0 aliphatic rings. The predicted molar refractivity (Wildman–Crippen MR) is 49.3 cm³/mol. The predicted octanol–water partition coefficient (Wildman–Crippen LogP) is 0.506. The highest BCUT2D eigenvalue weighted by Crippen LogP contribution is 1.78. The van der Waals surface area contributed by atoms with Gasteiger partial charge < -0.3 is 9.47 Å². The van der Waals surface area contributed by atoms with E-state index >= 15 is 0 Å². The van der Waals surface area contributed by atoms with Crippen molar-refractivity contribution in [3.63, 3.8) is 0 Å². The lowest BCUT2D eigenvalue weighted by molar-refractivity contribution is 0.0523. The highest BCUT2D eigenvalue weighted by atomic mass is 35.5. The molecule has 0 rings (SSSR count). The van der Waals surface area contributed by atoms with Crippen molar-refractivity contribution in [3.8, 4) is 0 Å². The maximum absolute atomic E-state index is 5.20. The first-order valence-electron chi connectivity index (χ1n) is 3.74. The first-order valence-corrected chi connectivity index (χ1v) is 4.50. The van der Waals surface area contributed by atoms with Crippen molar-refractivity contribution in [1.29, 1.82) is 0 Å². The molecule has 0 aromatic heterocycles. The first kappa shape index (κ1) is 12.4. The summed E-state index contributed by atoms with van der Waals surface area (Å²) in [5.41, 5.74) is 0. The summed E-state index contributed by atoms with van der Waals surface area (Å²) in [6, 6.07) is 0. The van der Waals surface area contributed by atoms with Gasteiger partial charge >= 0.3 is 0 Å². The standard InChI is InChI=1S/C6H14Cl2N2O2/c7-9-1-3-11-5-6-12-4-2-10-8/h9-10H,1-6H2. The smallest absolute Gasteiger partial charge is 0.0701 e. The maximum atomic E-state index is 5.20. The Labute approximate surface area is 82.7 Å². The summed E-state index contributed by atoms with van der Waals surface area (Å²) >= 11 is 10.4. The van der Waals surface area contributed by atoms with Crippen LogP contribution in [0.15, 0.2) is 0 Å². The molecule has 0 radical (unpaired) electrons. The minimum absolute atomic E-state index is 0.584. The zero-order valence-electron chi connectivity index (χ0n) is 6.82. The Morgan fingerprint density at radius 2 is 1.17 bits per heavy atom. The molecule has 0 spiro atoms. The average Bonchev–Trinajstić information content (AvgIpc) is 2.10. The van der Waals surface area contributed by atoms with Gasteiger partial charge in [0.15, 0.2) is 0 Å². The molecule has 0 fully saturated rings. The van der Waals surface area contributed by atoms with Gasteiger partial charge in [-0.3, -0.25) is 0 Å². The van der Waals surface area contributed by atoms with Crippen LogP contribution >= 0.6 is 23.6 Å². The van der Waals surface area contributed by atoms with Crippen molar-refractivity contribution in [2.75, 3.05) is 39.5 Å². The highest BCUT2D eigenvalue weighted by molar-refractivity contribution is 6.13. The molecule has 0 unspecified atom stereocenters. The quantitative estimate of drug-likeness (QED) is 0.436. The van der Waals surface area contributed by atoms with E-state index in [9.17, 15) is 0 Å². The normalized spacial score (nSPS) is 10.5. The molecule has 0 aliphatic heterocycles. The lowest BCUT2D eigenvalue weighted by Gasteiger charge is -2.03. The molecule has 0 aromatic rings. The van der Waals surface area contributed by atoms with Crippen LogP contribution in [-0.2, 0) is 9.47 Å². The Hall–Kier alpha value is 0.420. The van der Waals surface area contributed by atoms with Crippen LogP contribution in [0, 0.1) is 0 Å². The molecule has 0 bridgehead atoms. The lowest BCUT2D eigenvalue weighted by atomic mass is 10.7. The molecule has 0 aliphatic carbocycles. The van der Waals surface area contributed by atoms with E-state index in [0.29, 0.717) is 39.5 Å². The van der Waals surface area contributed by atoms with E-state index in [0.717, 1.165) is 0 Å². The SMILES string of the molecule is ClNCCOCCOCCNCl. The van der Waals surface area contributed by atoms with Gasteiger partial charge in [0.05, 0.1) is 26.4 Å². The summed E-state index contributed by atoms with van der Waals surface area (Å²) in [7, 11) is 0. The second kappa shape index (κ2) is 11.4. The van der Waals surface area contributed by atoms with E-state index in [1.54, 1.807) is 0 Å². The third-order valence-corrected chi connectivity index (χ3v) is 1.43. The number of hydrogen-bond acceptors (Lipinski definition) is 4. The molecule has 0 saturated carbocycles. The van der Waals surface area contributed by atoms with Crippen LogP contribution in [0.4, 0.5) is 0 Å². The third kappa shape index (κ3) is 10.4. The topological polar surface area (TPSA) is 42.5 Å². The van der Waals surface area contributed by atoms with E-state index in [1.165, 1.54) is 0 Å². The van der Waals surface area contributed by atoms with Gasteiger partial charge in [-0.05, 0) is 23.6 Å². The summed E-state index contributed by atoms with van der Waals surface area (Å²) in [6.07, 6.45) is 0. The Balaban J connectivity index is 2.73. The van der Waals surface area contributed by atoms with Crippen LogP contribution in [-0.4, -0.2) is 39.5 Å². The summed E-state index contributed by atoms with van der Waals surface area (Å²) in [5, 5.41) is 0. The van der Waals surface area contributed by atoms with Gasteiger partial charge in [-0.15, -0.1) is 0 Å². The Morgan fingerprint density at radius 3 is 1.50 bits per heavy atom. The van der Waals surface area contributed by atoms with Crippen molar-refractivity contribution in [3.05, 3.63) is 0 Å². The van der Waals surface area contributed by atoms with Gasteiger partial charge in [-0.1, -0.05) is 0 Å². The van der Waals surface area contributed by atoms with Crippen LogP contribution in [0.5, 0.6) is 0 Å². The zero-order chi connectivity index (χ0) is 9.07. The van der Waals surface area contributed by atoms with Crippen molar-refractivity contribution >= 4 is 23.6 Å². The minimum Gasteiger partial charge on any atom is -0.378 e. The molecule has 2 N–H and O–H groups in total. The minimum atomic E-state index is 0.584. The fourth-order valence-electron chi connectivity index (χ4n) is 0.543. The summed E-state index contributed by atoms with van der Waals surface area (Å²) < 4.78 is 10.3. The molecular formula is C6H14Cl2N2O2. The fraction of sp³-hybridized carbons (Fsp3) is 1.00. The largest absolute Gasteiger partial charge is 0.378 e. The maximum Gasteiger partial charge on any atom is 0.0701 e.